The van der Waals surface area contributed by atoms with E-state index in [1.54, 1.807) is 13.8 Å². The zero-order chi connectivity index (χ0) is 13.3. The Morgan fingerprint density at radius 3 is 2.44 bits per heavy atom. The van der Waals surface area contributed by atoms with Crippen molar-refractivity contribution in [2.75, 3.05) is 0 Å². The first kappa shape index (κ1) is 12.8. The molecule has 0 heterocycles. The van der Waals surface area contributed by atoms with Crippen molar-refractivity contribution in [1.82, 2.24) is 0 Å². The monoisotopic (exact) mass is 243 g/mol. The van der Waals surface area contributed by atoms with Gasteiger partial charge in [-0.3, -0.25) is 0 Å². The van der Waals surface area contributed by atoms with Gasteiger partial charge in [0.05, 0.1) is 0 Å². The number of nitrogens with two attached hydrogens (primary N) is 1. The van der Waals surface area contributed by atoms with Crippen molar-refractivity contribution in [1.29, 1.82) is 0 Å². The van der Waals surface area contributed by atoms with E-state index in [-0.39, 0.29) is 5.82 Å². The predicted octanol–water partition coefficient (Wildman–Crippen LogP) is 3.88. The Balaban J connectivity index is 2.71. The lowest BCUT2D eigenvalue weighted by molar-refractivity contribution is 0.606. The van der Waals surface area contributed by atoms with Crippen LogP contribution in [0.5, 0.6) is 0 Å². The van der Waals surface area contributed by atoms with Gasteiger partial charge in [-0.25, -0.2) is 4.39 Å². The van der Waals surface area contributed by atoms with Gasteiger partial charge >= 0.3 is 0 Å². The van der Waals surface area contributed by atoms with E-state index in [0.717, 1.165) is 16.7 Å². The van der Waals surface area contributed by atoms with Crippen LogP contribution in [0, 0.1) is 26.6 Å². The Kier molecular flexibility index (Phi) is 3.48. The lowest BCUT2D eigenvalue weighted by Gasteiger charge is -2.14. The van der Waals surface area contributed by atoms with Gasteiger partial charge in [0.25, 0.3) is 0 Å². The van der Waals surface area contributed by atoms with E-state index in [9.17, 15) is 4.39 Å². The molecule has 1 nitrogen and oxygen atoms in total. The Morgan fingerprint density at radius 2 is 1.83 bits per heavy atom. The van der Waals surface area contributed by atoms with Crippen molar-refractivity contribution in [3.05, 3.63) is 58.4 Å². The molecule has 0 saturated carbocycles. The topological polar surface area (TPSA) is 26.0 Å². The second-order valence-electron chi connectivity index (χ2n) is 4.73. The van der Waals surface area contributed by atoms with Crippen LogP contribution in [0.1, 0.15) is 22.3 Å². The molecular weight excluding hydrogens is 225 g/mol. The van der Waals surface area contributed by atoms with Gasteiger partial charge in [0.15, 0.2) is 0 Å². The summed E-state index contributed by atoms with van der Waals surface area (Å²) in [6, 6.07) is 10.1. The molecule has 0 saturated heterocycles. The van der Waals surface area contributed by atoms with Gasteiger partial charge in [-0.15, -0.1) is 0 Å². The Labute approximate surface area is 107 Å². The maximum atomic E-state index is 13.9. The summed E-state index contributed by atoms with van der Waals surface area (Å²) in [5.41, 5.74) is 11.3. The van der Waals surface area contributed by atoms with Crippen molar-refractivity contribution in [2.45, 2.75) is 27.3 Å². The molecule has 0 aliphatic rings. The number of rotatable bonds is 2. The average molecular weight is 243 g/mol. The predicted molar refractivity (Wildman–Crippen MR) is 73.9 cm³/mol. The number of hydrogen-bond donors (Lipinski definition) is 1. The molecule has 2 N–H and O–H groups in total. The van der Waals surface area contributed by atoms with Crippen molar-refractivity contribution >= 4 is 0 Å². The summed E-state index contributed by atoms with van der Waals surface area (Å²) >= 11 is 0. The standard InChI is InChI=1S/C16H18FN/c1-10-5-4-6-13(7-10)14-8-11(2)16(17)12(3)15(14)9-18/h4-8H,9,18H2,1-3H3. The van der Waals surface area contributed by atoms with E-state index < -0.39 is 0 Å². The highest BCUT2D eigenvalue weighted by atomic mass is 19.1. The molecule has 0 amide bonds. The molecule has 2 aromatic rings. The molecule has 0 aliphatic heterocycles. The van der Waals surface area contributed by atoms with Crippen LogP contribution in [0.4, 0.5) is 4.39 Å². The minimum atomic E-state index is -0.146. The highest BCUT2D eigenvalue weighted by Gasteiger charge is 2.13. The molecule has 0 fully saturated rings. The molecule has 0 bridgehead atoms. The molecule has 18 heavy (non-hydrogen) atoms. The van der Waals surface area contributed by atoms with Gasteiger partial charge in [-0.2, -0.15) is 0 Å². The molecule has 0 aliphatic carbocycles. The SMILES string of the molecule is Cc1cccc(-c2cc(C)c(F)c(C)c2CN)c1. The van der Waals surface area contributed by atoms with E-state index in [2.05, 4.69) is 19.1 Å². The second-order valence-corrected chi connectivity index (χ2v) is 4.73. The molecule has 0 unspecified atom stereocenters. The molecule has 2 aromatic carbocycles. The first-order valence-electron chi connectivity index (χ1n) is 6.10. The first-order valence-corrected chi connectivity index (χ1v) is 6.10. The van der Waals surface area contributed by atoms with E-state index in [1.165, 1.54) is 5.56 Å². The maximum Gasteiger partial charge on any atom is 0.129 e. The zero-order valence-corrected chi connectivity index (χ0v) is 11.0. The molecule has 0 atom stereocenters. The van der Waals surface area contributed by atoms with Gasteiger partial charge in [-0.1, -0.05) is 29.8 Å². The van der Waals surface area contributed by atoms with Crippen LogP contribution in [0.2, 0.25) is 0 Å². The van der Waals surface area contributed by atoms with Gasteiger partial charge in [0, 0.05) is 6.54 Å². The molecule has 94 valence electrons. The third kappa shape index (κ3) is 2.16. The minimum absolute atomic E-state index is 0.146. The normalized spacial score (nSPS) is 10.7. The second kappa shape index (κ2) is 4.91. The Bertz CT molecular complexity index is 588. The Hall–Kier alpha value is -1.67. The molecule has 0 radical (unpaired) electrons. The van der Waals surface area contributed by atoms with Crippen molar-refractivity contribution < 1.29 is 4.39 Å². The van der Waals surface area contributed by atoms with Crippen LogP contribution in [-0.4, -0.2) is 0 Å². The van der Waals surface area contributed by atoms with Gasteiger partial charge < -0.3 is 5.73 Å². The zero-order valence-electron chi connectivity index (χ0n) is 11.0. The minimum Gasteiger partial charge on any atom is -0.326 e. The van der Waals surface area contributed by atoms with Crippen LogP contribution in [0.15, 0.2) is 30.3 Å². The van der Waals surface area contributed by atoms with Crippen molar-refractivity contribution in [2.24, 2.45) is 5.73 Å². The summed E-state index contributed by atoms with van der Waals surface area (Å²) in [6.45, 7) is 5.99. The van der Waals surface area contributed by atoms with Crippen molar-refractivity contribution in [3.63, 3.8) is 0 Å². The largest absolute Gasteiger partial charge is 0.326 e. The van der Waals surface area contributed by atoms with E-state index in [1.807, 2.05) is 18.2 Å². The van der Waals surface area contributed by atoms with Crippen LogP contribution < -0.4 is 5.73 Å². The Morgan fingerprint density at radius 1 is 1.11 bits per heavy atom. The first-order chi connectivity index (χ1) is 8.54. The van der Waals surface area contributed by atoms with Gasteiger partial charge in [-0.05, 0) is 54.7 Å². The molecule has 0 aromatic heterocycles. The van der Waals surface area contributed by atoms with E-state index >= 15 is 0 Å². The van der Waals surface area contributed by atoms with Gasteiger partial charge in [0.1, 0.15) is 5.82 Å². The fourth-order valence-electron chi connectivity index (χ4n) is 2.33. The smallest absolute Gasteiger partial charge is 0.129 e. The maximum absolute atomic E-state index is 13.9. The summed E-state index contributed by atoms with van der Waals surface area (Å²) in [5.74, 6) is -0.146. The average Bonchev–Trinajstić information content (AvgIpc) is 2.35. The third-order valence-corrected chi connectivity index (χ3v) is 3.35. The van der Waals surface area contributed by atoms with Crippen molar-refractivity contribution in [3.8, 4) is 11.1 Å². The number of aryl methyl sites for hydroxylation is 2. The summed E-state index contributed by atoms with van der Waals surface area (Å²) in [7, 11) is 0. The number of halogens is 1. The summed E-state index contributed by atoms with van der Waals surface area (Å²) in [4.78, 5) is 0. The van der Waals surface area contributed by atoms with E-state index in [4.69, 9.17) is 5.73 Å². The van der Waals surface area contributed by atoms with Crippen LogP contribution >= 0.6 is 0 Å². The highest BCUT2D eigenvalue weighted by Crippen LogP contribution is 2.30. The quantitative estimate of drug-likeness (QED) is 0.851. The number of hydrogen-bond acceptors (Lipinski definition) is 1. The van der Waals surface area contributed by atoms with Gasteiger partial charge in [0.2, 0.25) is 0 Å². The molecular formula is C16H18FN. The molecule has 0 spiro atoms. The fraction of sp³-hybridized carbons (Fsp3) is 0.250. The summed E-state index contributed by atoms with van der Waals surface area (Å²) in [6.07, 6.45) is 0. The molecule has 2 heteroatoms. The fourth-order valence-corrected chi connectivity index (χ4v) is 2.33. The third-order valence-electron chi connectivity index (χ3n) is 3.35. The molecule has 2 rings (SSSR count). The highest BCUT2D eigenvalue weighted by molar-refractivity contribution is 5.70. The lowest BCUT2D eigenvalue weighted by atomic mass is 9.92. The summed E-state index contributed by atoms with van der Waals surface area (Å²) < 4.78 is 13.9. The van der Waals surface area contributed by atoms with E-state index in [0.29, 0.717) is 17.7 Å². The lowest BCUT2D eigenvalue weighted by Crippen LogP contribution is -2.05. The summed E-state index contributed by atoms with van der Waals surface area (Å²) in [5, 5.41) is 0. The van der Waals surface area contributed by atoms with Crippen LogP contribution in [-0.2, 0) is 6.54 Å². The van der Waals surface area contributed by atoms with Crippen LogP contribution in [0.25, 0.3) is 11.1 Å². The van der Waals surface area contributed by atoms with Crippen LogP contribution in [0.3, 0.4) is 0 Å². The number of benzene rings is 2.